The Kier molecular flexibility index (Phi) is 2.14. The molecule has 0 aliphatic carbocycles. The number of nitrogen functional groups attached to an aromatic ring is 1. The van der Waals surface area contributed by atoms with Crippen molar-refractivity contribution in [1.82, 2.24) is 15.3 Å². The summed E-state index contributed by atoms with van der Waals surface area (Å²) in [6, 6.07) is 0.543. The largest absolute Gasteiger partial charge is 0.368 e. The molecular weight excluding hydrogens is 164 g/mol. The smallest absolute Gasteiger partial charge is 0.220 e. The molecule has 2 rings (SSSR count). The number of aromatic nitrogens is 2. The van der Waals surface area contributed by atoms with Gasteiger partial charge < -0.3 is 11.1 Å². The van der Waals surface area contributed by atoms with Gasteiger partial charge in [0.2, 0.25) is 5.95 Å². The number of nitrogens with one attached hydrogen (secondary N) is 1. The van der Waals surface area contributed by atoms with Crippen molar-refractivity contribution >= 4 is 5.95 Å². The molecule has 2 heterocycles. The molecule has 1 aromatic rings. The van der Waals surface area contributed by atoms with Gasteiger partial charge in [0.05, 0.1) is 5.69 Å². The quantitative estimate of drug-likeness (QED) is 0.656. The summed E-state index contributed by atoms with van der Waals surface area (Å²) < 4.78 is 0. The van der Waals surface area contributed by atoms with Crippen LogP contribution in [0.2, 0.25) is 0 Å². The minimum absolute atomic E-state index is 0.385. The third-order valence-corrected chi connectivity index (χ3v) is 2.49. The number of nitrogens with zero attached hydrogens (tertiary/aromatic N) is 2. The molecule has 1 aliphatic heterocycles. The molecule has 1 atom stereocenters. The van der Waals surface area contributed by atoms with Gasteiger partial charge in [-0.2, -0.15) is 0 Å². The summed E-state index contributed by atoms with van der Waals surface area (Å²) >= 11 is 0. The predicted octanol–water partition coefficient (Wildman–Crippen LogP) is 0.483. The van der Waals surface area contributed by atoms with Crippen molar-refractivity contribution in [3.8, 4) is 0 Å². The van der Waals surface area contributed by atoms with Crippen LogP contribution in [0.25, 0.3) is 0 Å². The number of rotatable bonds is 1. The molecule has 0 bridgehead atoms. The standard InChI is InChI=1S/C9H14N4/c1-2-7-3-8-6(4-11-7)5-12-9(10)13-8/h5,7,11H,2-4H2,1H3,(H2,10,12,13). The van der Waals surface area contributed by atoms with E-state index in [-0.39, 0.29) is 0 Å². The number of hydrogen-bond donors (Lipinski definition) is 2. The van der Waals surface area contributed by atoms with E-state index in [4.69, 9.17) is 5.73 Å². The van der Waals surface area contributed by atoms with Crippen LogP contribution in [0.3, 0.4) is 0 Å². The van der Waals surface area contributed by atoms with Crippen LogP contribution in [0.5, 0.6) is 0 Å². The van der Waals surface area contributed by atoms with E-state index < -0.39 is 0 Å². The van der Waals surface area contributed by atoms with Gasteiger partial charge in [-0.1, -0.05) is 6.92 Å². The first kappa shape index (κ1) is 8.44. The lowest BCUT2D eigenvalue weighted by molar-refractivity contribution is 0.460. The summed E-state index contributed by atoms with van der Waals surface area (Å²) in [6.07, 6.45) is 3.92. The zero-order chi connectivity index (χ0) is 9.26. The van der Waals surface area contributed by atoms with Crippen molar-refractivity contribution in [2.45, 2.75) is 32.4 Å². The van der Waals surface area contributed by atoms with Gasteiger partial charge in [0, 0.05) is 30.8 Å². The average Bonchev–Trinajstić information content (AvgIpc) is 2.16. The molecule has 1 aromatic heterocycles. The van der Waals surface area contributed by atoms with Gasteiger partial charge in [-0.15, -0.1) is 0 Å². The van der Waals surface area contributed by atoms with Gasteiger partial charge in [0.1, 0.15) is 0 Å². The Labute approximate surface area is 77.6 Å². The number of nitrogens with two attached hydrogens (primary N) is 1. The topological polar surface area (TPSA) is 63.8 Å². The van der Waals surface area contributed by atoms with Gasteiger partial charge in [0.25, 0.3) is 0 Å². The van der Waals surface area contributed by atoms with E-state index in [1.165, 1.54) is 5.56 Å². The highest BCUT2D eigenvalue weighted by molar-refractivity contribution is 5.27. The molecule has 1 unspecified atom stereocenters. The van der Waals surface area contributed by atoms with Crippen molar-refractivity contribution in [2.24, 2.45) is 0 Å². The van der Waals surface area contributed by atoms with E-state index in [0.29, 0.717) is 12.0 Å². The lowest BCUT2D eigenvalue weighted by atomic mass is 10.0. The Morgan fingerprint density at radius 1 is 1.69 bits per heavy atom. The first-order valence-electron chi connectivity index (χ1n) is 4.63. The predicted molar refractivity (Wildman–Crippen MR) is 51.1 cm³/mol. The second kappa shape index (κ2) is 3.30. The van der Waals surface area contributed by atoms with Gasteiger partial charge in [-0.3, -0.25) is 0 Å². The SMILES string of the molecule is CCC1Cc2nc(N)ncc2CN1. The Hall–Kier alpha value is -1.16. The van der Waals surface area contributed by atoms with Crippen molar-refractivity contribution in [3.05, 3.63) is 17.5 Å². The van der Waals surface area contributed by atoms with Gasteiger partial charge in [-0.25, -0.2) is 9.97 Å². The Morgan fingerprint density at radius 3 is 3.31 bits per heavy atom. The number of hydrogen-bond acceptors (Lipinski definition) is 4. The van der Waals surface area contributed by atoms with E-state index in [1.54, 1.807) is 0 Å². The molecule has 0 spiro atoms. The zero-order valence-electron chi connectivity index (χ0n) is 7.75. The monoisotopic (exact) mass is 178 g/mol. The molecule has 0 fully saturated rings. The summed E-state index contributed by atoms with van der Waals surface area (Å²) in [5.41, 5.74) is 7.82. The highest BCUT2D eigenvalue weighted by Gasteiger charge is 2.17. The van der Waals surface area contributed by atoms with Crippen LogP contribution in [-0.2, 0) is 13.0 Å². The normalized spacial score (nSPS) is 21.2. The Morgan fingerprint density at radius 2 is 2.54 bits per heavy atom. The minimum Gasteiger partial charge on any atom is -0.368 e. The highest BCUT2D eigenvalue weighted by atomic mass is 15.0. The van der Waals surface area contributed by atoms with Crippen molar-refractivity contribution < 1.29 is 0 Å². The van der Waals surface area contributed by atoms with Crippen molar-refractivity contribution in [2.75, 3.05) is 5.73 Å². The van der Waals surface area contributed by atoms with Crippen LogP contribution < -0.4 is 11.1 Å². The van der Waals surface area contributed by atoms with Gasteiger partial charge >= 0.3 is 0 Å². The van der Waals surface area contributed by atoms with E-state index in [9.17, 15) is 0 Å². The van der Waals surface area contributed by atoms with Crippen molar-refractivity contribution in [1.29, 1.82) is 0 Å². The summed E-state index contributed by atoms with van der Waals surface area (Å²) in [5.74, 6) is 0.385. The second-order valence-corrected chi connectivity index (χ2v) is 3.39. The van der Waals surface area contributed by atoms with Crippen molar-refractivity contribution in [3.63, 3.8) is 0 Å². The molecule has 1 aliphatic rings. The summed E-state index contributed by atoms with van der Waals surface area (Å²) in [5, 5.41) is 3.42. The fraction of sp³-hybridized carbons (Fsp3) is 0.556. The van der Waals surface area contributed by atoms with Crippen LogP contribution in [-0.4, -0.2) is 16.0 Å². The van der Waals surface area contributed by atoms with E-state index in [1.807, 2.05) is 6.20 Å². The fourth-order valence-electron chi connectivity index (χ4n) is 1.63. The highest BCUT2D eigenvalue weighted by Crippen LogP contribution is 2.15. The summed E-state index contributed by atoms with van der Waals surface area (Å²) in [7, 11) is 0. The van der Waals surface area contributed by atoms with Crippen LogP contribution in [0, 0.1) is 0 Å². The number of anilines is 1. The molecule has 0 aromatic carbocycles. The Balaban J connectivity index is 2.27. The number of fused-ring (bicyclic) bond motifs is 1. The van der Waals surface area contributed by atoms with Crippen LogP contribution in [0.1, 0.15) is 24.6 Å². The third kappa shape index (κ3) is 1.62. The molecule has 0 amide bonds. The maximum atomic E-state index is 5.53. The minimum atomic E-state index is 0.385. The van der Waals surface area contributed by atoms with Gasteiger partial charge in [-0.05, 0) is 6.42 Å². The Bertz CT molecular complexity index is 310. The lowest BCUT2D eigenvalue weighted by Gasteiger charge is -2.23. The third-order valence-electron chi connectivity index (χ3n) is 2.49. The molecule has 70 valence electrons. The average molecular weight is 178 g/mol. The zero-order valence-corrected chi connectivity index (χ0v) is 7.75. The molecule has 4 nitrogen and oxygen atoms in total. The van der Waals surface area contributed by atoms with E-state index >= 15 is 0 Å². The molecule has 0 saturated heterocycles. The molecule has 0 saturated carbocycles. The maximum absolute atomic E-state index is 5.53. The molecule has 0 radical (unpaired) electrons. The van der Waals surface area contributed by atoms with Gasteiger partial charge in [0.15, 0.2) is 0 Å². The molecule has 13 heavy (non-hydrogen) atoms. The first-order chi connectivity index (χ1) is 6.29. The molecule has 3 N–H and O–H groups in total. The maximum Gasteiger partial charge on any atom is 0.220 e. The van der Waals surface area contributed by atoms with Crippen LogP contribution >= 0.6 is 0 Å². The van der Waals surface area contributed by atoms with Crippen LogP contribution in [0.4, 0.5) is 5.95 Å². The van der Waals surface area contributed by atoms with E-state index in [0.717, 1.165) is 25.1 Å². The molecular formula is C9H14N4. The summed E-state index contributed by atoms with van der Waals surface area (Å²) in [4.78, 5) is 8.21. The van der Waals surface area contributed by atoms with E-state index in [2.05, 4.69) is 22.2 Å². The second-order valence-electron chi connectivity index (χ2n) is 3.39. The summed E-state index contributed by atoms with van der Waals surface area (Å²) in [6.45, 7) is 3.04. The molecule has 4 heteroatoms. The first-order valence-corrected chi connectivity index (χ1v) is 4.63. The van der Waals surface area contributed by atoms with Crippen LogP contribution in [0.15, 0.2) is 6.20 Å². The lowest BCUT2D eigenvalue weighted by Crippen LogP contribution is -2.35. The fourth-order valence-corrected chi connectivity index (χ4v) is 1.63.